The second kappa shape index (κ2) is 12.4. The van der Waals surface area contributed by atoms with Crippen molar-refractivity contribution in [2.45, 2.75) is 65.4 Å². The van der Waals surface area contributed by atoms with Crippen molar-refractivity contribution >= 4 is 8.80 Å². The third-order valence-electron chi connectivity index (χ3n) is 3.44. The Balaban J connectivity index is 2.49. The molecule has 0 amide bonds. The summed E-state index contributed by atoms with van der Waals surface area (Å²) in [5.74, 6) is 0. The first kappa shape index (κ1) is 20.1. The average Bonchev–Trinajstić information content (AvgIpc) is 3.32. The fraction of sp³-hybridized carbons (Fsp3) is 1.00. The van der Waals surface area contributed by atoms with Gasteiger partial charge in [-0.25, -0.2) is 0 Å². The molecule has 1 aliphatic rings. The molecule has 1 aliphatic heterocycles. The molecule has 6 heteroatoms. The topological polar surface area (TPSA) is 49.5 Å². The smallest absolute Gasteiger partial charge is 0.374 e. The zero-order valence-electron chi connectivity index (χ0n) is 14.6. The lowest BCUT2D eigenvalue weighted by molar-refractivity contribution is 0.0175. The highest BCUT2D eigenvalue weighted by Crippen LogP contribution is 2.16. The first-order valence-electron chi connectivity index (χ1n) is 8.87. The fourth-order valence-corrected chi connectivity index (χ4v) is 4.08. The van der Waals surface area contributed by atoms with E-state index in [2.05, 4.69) is 20.8 Å². The van der Waals surface area contributed by atoms with Crippen molar-refractivity contribution in [1.29, 1.82) is 0 Å². The Hall–Kier alpha value is 0.0169. The Morgan fingerprint density at radius 2 is 1.32 bits per heavy atom. The van der Waals surface area contributed by atoms with Crippen molar-refractivity contribution in [3.05, 3.63) is 0 Å². The van der Waals surface area contributed by atoms with E-state index in [1.54, 1.807) is 0 Å². The summed E-state index contributed by atoms with van der Waals surface area (Å²) < 4.78 is 29.2. The predicted octanol–water partition coefficient (Wildman–Crippen LogP) is 3.33. The van der Waals surface area contributed by atoms with Crippen LogP contribution in [0.25, 0.3) is 0 Å². The second-order valence-electron chi connectivity index (χ2n) is 5.76. The molecule has 1 atom stereocenters. The molecule has 0 aliphatic carbocycles. The highest BCUT2D eigenvalue weighted by atomic mass is 28.4. The van der Waals surface area contributed by atoms with E-state index in [4.69, 9.17) is 22.8 Å². The molecular weight excluding hydrogens is 300 g/mol. The van der Waals surface area contributed by atoms with Gasteiger partial charge in [0, 0.05) is 19.8 Å². The van der Waals surface area contributed by atoms with E-state index in [0.29, 0.717) is 32.7 Å². The van der Waals surface area contributed by atoms with Crippen LogP contribution in [0.15, 0.2) is 0 Å². The SMILES string of the molecule is CCCCO[Si](COCC1CO1)(OCCCC)OCCCC. The molecule has 22 heavy (non-hydrogen) atoms. The van der Waals surface area contributed by atoms with Crippen LogP contribution in [0.1, 0.15) is 59.3 Å². The summed E-state index contributed by atoms with van der Waals surface area (Å²) in [6, 6.07) is 0. The van der Waals surface area contributed by atoms with Gasteiger partial charge in [0.15, 0.2) is 0 Å². The molecule has 1 heterocycles. The highest BCUT2D eigenvalue weighted by molar-refractivity contribution is 6.60. The van der Waals surface area contributed by atoms with Crippen LogP contribution in [-0.4, -0.2) is 54.2 Å². The summed E-state index contributed by atoms with van der Waals surface area (Å²) in [7, 11) is -2.72. The molecule has 1 fully saturated rings. The van der Waals surface area contributed by atoms with Gasteiger partial charge in [-0.3, -0.25) is 0 Å². The van der Waals surface area contributed by atoms with Gasteiger partial charge in [0.2, 0.25) is 0 Å². The monoisotopic (exact) mass is 334 g/mol. The van der Waals surface area contributed by atoms with Crippen LogP contribution in [-0.2, 0) is 22.8 Å². The number of epoxide rings is 1. The third-order valence-corrected chi connectivity index (χ3v) is 5.93. The minimum absolute atomic E-state index is 0.258. The fourth-order valence-electron chi connectivity index (χ4n) is 1.85. The first-order chi connectivity index (χ1) is 10.8. The number of hydrogen-bond acceptors (Lipinski definition) is 5. The van der Waals surface area contributed by atoms with Crippen LogP contribution in [0, 0.1) is 0 Å². The zero-order valence-corrected chi connectivity index (χ0v) is 15.6. The van der Waals surface area contributed by atoms with Crippen LogP contribution in [0.5, 0.6) is 0 Å². The third kappa shape index (κ3) is 9.22. The first-order valence-corrected chi connectivity index (χ1v) is 10.8. The predicted molar refractivity (Wildman–Crippen MR) is 88.9 cm³/mol. The van der Waals surface area contributed by atoms with Gasteiger partial charge in [-0.2, -0.15) is 0 Å². The standard InChI is InChI=1S/C16H34O5Si/c1-4-7-10-19-22(20-11-8-5-2,21-12-9-6-3)15-17-13-16-14-18-16/h16H,4-15H2,1-3H3. The van der Waals surface area contributed by atoms with E-state index in [0.717, 1.165) is 45.1 Å². The number of hydrogen-bond donors (Lipinski definition) is 0. The van der Waals surface area contributed by atoms with Gasteiger partial charge in [0.05, 0.1) is 13.2 Å². The van der Waals surface area contributed by atoms with Crippen molar-refractivity contribution in [2.75, 3.05) is 39.3 Å². The van der Waals surface area contributed by atoms with Gasteiger partial charge in [-0.1, -0.05) is 40.0 Å². The average molecular weight is 335 g/mol. The summed E-state index contributed by atoms with van der Waals surface area (Å²) in [5, 5.41) is 0. The maximum Gasteiger partial charge on any atom is 0.528 e. The molecule has 0 bridgehead atoms. The van der Waals surface area contributed by atoms with Crippen LogP contribution >= 0.6 is 0 Å². The van der Waals surface area contributed by atoms with Crippen molar-refractivity contribution in [2.24, 2.45) is 0 Å². The van der Waals surface area contributed by atoms with Crippen LogP contribution in [0.2, 0.25) is 0 Å². The quantitative estimate of drug-likeness (QED) is 0.246. The lowest BCUT2D eigenvalue weighted by Gasteiger charge is -2.29. The van der Waals surface area contributed by atoms with Crippen molar-refractivity contribution < 1.29 is 22.8 Å². The Morgan fingerprint density at radius 1 is 0.864 bits per heavy atom. The molecule has 5 nitrogen and oxygen atoms in total. The van der Waals surface area contributed by atoms with E-state index in [-0.39, 0.29) is 6.10 Å². The van der Waals surface area contributed by atoms with E-state index >= 15 is 0 Å². The zero-order chi connectivity index (χ0) is 16.1. The lowest BCUT2D eigenvalue weighted by atomic mass is 10.4. The number of ether oxygens (including phenoxy) is 2. The van der Waals surface area contributed by atoms with Gasteiger partial charge in [0.1, 0.15) is 12.3 Å². The Bertz CT molecular complexity index is 234. The molecule has 0 aromatic rings. The molecule has 1 rings (SSSR count). The van der Waals surface area contributed by atoms with E-state index in [1.807, 2.05) is 0 Å². The van der Waals surface area contributed by atoms with Crippen LogP contribution in [0.4, 0.5) is 0 Å². The number of rotatable bonds is 16. The van der Waals surface area contributed by atoms with Crippen LogP contribution in [0.3, 0.4) is 0 Å². The van der Waals surface area contributed by atoms with Gasteiger partial charge >= 0.3 is 8.80 Å². The molecule has 0 radical (unpaired) electrons. The summed E-state index contributed by atoms with van der Waals surface area (Å²) in [6.07, 6.45) is 7.07. The summed E-state index contributed by atoms with van der Waals surface area (Å²) in [4.78, 5) is 0. The minimum atomic E-state index is -2.72. The Kier molecular flexibility index (Phi) is 11.3. The van der Waals surface area contributed by atoms with E-state index in [9.17, 15) is 0 Å². The normalized spacial score (nSPS) is 17.9. The summed E-state index contributed by atoms with van der Waals surface area (Å²) in [5.41, 5.74) is 0. The van der Waals surface area contributed by atoms with Gasteiger partial charge in [-0.15, -0.1) is 0 Å². The van der Waals surface area contributed by atoms with Gasteiger partial charge < -0.3 is 22.8 Å². The van der Waals surface area contributed by atoms with Crippen LogP contribution < -0.4 is 0 Å². The molecule has 1 saturated heterocycles. The molecule has 0 N–H and O–H groups in total. The second-order valence-corrected chi connectivity index (χ2v) is 8.28. The molecule has 0 aromatic heterocycles. The summed E-state index contributed by atoms with van der Waals surface area (Å²) >= 11 is 0. The van der Waals surface area contributed by atoms with Crippen molar-refractivity contribution in [1.82, 2.24) is 0 Å². The molecule has 0 aromatic carbocycles. The summed E-state index contributed by atoms with van der Waals surface area (Å²) in [6.45, 7) is 9.94. The van der Waals surface area contributed by atoms with Gasteiger partial charge in [0.25, 0.3) is 0 Å². The molecule has 1 unspecified atom stereocenters. The molecule has 132 valence electrons. The molecule has 0 spiro atoms. The molecular formula is C16H34O5Si. The van der Waals surface area contributed by atoms with Crippen molar-refractivity contribution in [3.8, 4) is 0 Å². The highest BCUT2D eigenvalue weighted by Gasteiger charge is 2.42. The lowest BCUT2D eigenvalue weighted by Crippen LogP contribution is -2.51. The van der Waals surface area contributed by atoms with E-state index < -0.39 is 8.80 Å². The number of unbranched alkanes of at least 4 members (excludes halogenated alkanes) is 3. The Labute approximate surface area is 137 Å². The van der Waals surface area contributed by atoms with Gasteiger partial charge in [-0.05, 0) is 19.3 Å². The minimum Gasteiger partial charge on any atom is -0.374 e. The Morgan fingerprint density at radius 3 is 1.68 bits per heavy atom. The maximum absolute atomic E-state index is 6.09. The maximum atomic E-state index is 6.09. The largest absolute Gasteiger partial charge is 0.528 e. The van der Waals surface area contributed by atoms with Crippen molar-refractivity contribution in [3.63, 3.8) is 0 Å². The molecule has 0 saturated carbocycles. The van der Waals surface area contributed by atoms with E-state index in [1.165, 1.54) is 0 Å².